The number of pyridine rings is 1. The molecular formula is C15H14N4O. The van der Waals surface area contributed by atoms with Gasteiger partial charge in [-0.3, -0.25) is 4.40 Å². The van der Waals surface area contributed by atoms with Gasteiger partial charge in [-0.25, -0.2) is 4.98 Å². The molecule has 0 spiro atoms. The maximum Gasteiger partial charge on any atom is 0.182 e. The zero-order valence-electron chi connectivity index (χ0n) is 11.3. The van der Waals surface area contributed by atoms with E-state index in [0.29, 0.717) is 11.5 Å². The van der Waals surface area contributed by atoms with Crippen molar-refractivity contribution in [3.63, 3.8) is 0 Å². The van der Waals surface area contributed by atoms with Gasteiger partial charge in [0.25, 0.3) is 0 Å². The number of hydrogen-bond acceptors (Lipinski definition) is 4. The van der Waals surface area contributed by atoms with E-state index in [1.807, 2.05) is 36.6 Å². The van der Waals surface area contributed by atoms with Gasteiger partial charge in [0, 0.05) is 12.3 Å². The van der Waals surface area contributed by atoms with Gasteiger partial charge in [-0.2, -0.15) is 0 Å². The van der Waals surface area contributed by atoms with Crippen molar-refractivity contribution in [2.75, 3.05) is 0 Å². The number of aromatic hydroxyl groups is 1. The van der Waals surface area contributed by atoms with Crippen LogP contribution in [-0.2, 0) is 0 Å². The Hall–Kier alpha value is -2.69. The normalized spacial score (nSPS) is 11.5. The van der Waals surface area contributed by atoms with Gasteiger partial charge in [0.2, 0.25) is 0 Å². The van der Waals surface area contributed by atoms with Crippen LogP contribution < -0.4 is 0 Å². The standard InChI is InChI=1S/C15H14N4O/c1-10-6-7-14-16-11(2)15(19(14)9-10)18-17-12-4-3-5-13(20)8-12/h3-9,20H,1-2H3. The van der Waals surface area contributed by atoms with E-state index in [2.05, 4.69) is 15.2 Å². The van der Waals surface area contributed by atoms with Crippen LogP contribution in [0.5, 0.6) is 5.75 Å². The van der Waals surface area contributed by atoms with E-state index in [1.165, 1.54) is 0 Å². The quantitative estimate of drug-likeness (QED) is 0.710. The lowest BCUT2D eigenvalue weighted by atomic mass is 10.3. The summed E-state index contributed by atoms with van der Waals surface area (Å²) in [6, 6.07) is 10.6. The average Bonchev–Trinajstić information content (AvgIpc) is 2.72. The molecule has 1 N–H and O–H groups in total. The first-order chi connectivity index (χ1) is 9.63. The second kappa shape index (κ2) is 4.77. The van der Waals surface area contributed by atoms with Gasteiger partial charge in [-0.05, 0) is 37.6 Å². The molecule has 5 heteroatoms. The van der Waals surface area contributed by atoms with Crippen molar-refractivity contribution in [1.29, 1.82) is 0 Å². The van der Waals surface area contributed by atoms with Crippen LogP contribution in [0.4, 0.5) is 11.5 Å². The van der Waals surface area contributed by atoms with E-state index in [-0.39, 0.29) is 5.75 Å². The highest BCUT2D eigenvalue weighted by molar-refractivity contribution is 5.52. The molecule has 0 bridgehead atoms. The highest BCUT2D eigenvalue weighted by Crippen LogP contribution is 2.25. The Morgan fingerprint density at radius 1 is 1.10 bits per heavy atom. The molecule has 1 aromatic carbocycles. The van der Waals surface area contributed by atoms with Crippen molar-refractivity contribution >= 4 is 17.2 Å². The Balaban J connectivity index is 2.06. The summed E-state index contributed by atoms with van der Waals surface area (Å²) < 4.78 is 1.91. The lowest BCUT2D eigenvalue weighted by Crippen LogP contribution is -1.84. The van der Waals surface area contributed by atoms with Gasteiger partial charge in [-0.1, -0.05) is 12.1 Å². The molecule has 0 aliphatic heterocycles. The molecule has 0 aliphatic carbocycles. The molecule has 0 saturated carbocycles. The molecule has 2 aromatic heterocycles. The van der Waals surface area contributed by atoms with Gasteiger partial charge >= 0.3 is 0 Å². The number of nitrogens with zero attached hydrogens (tertiary/aromatic N) is 4. The molecule has 3 rings (SSSR count). The Labute approximate surface area is 116 Å². The largest absolute Gasteiger partial charge is 0.508 e. The number of benzene rings is 1. The molecule has 0 unspecified atom stereocenters. The molecule has 0 saturated heterocycles. The van der Waals surface area contributed by atoms with E-state index >= 15 is 0 Å². The Bertz CT molecular complexity index is 805. The first-order valence-electron chi connectivity index (χ1n) is 6.29. The topological polar surface area (TPSA) is 62.2 Å². The fraction of sp³-hybridized carbons (Fsp3) is 0.133. The second-order valence-electron chi connectivity index (χ2n) is 4.68. The second-order valence-corrected chi connectivity index (χ2v) is 4.68. The van der Waals surface area contributed by atoms with Crippen LogP contribution in [0.15, 0.2) is 52.8 Å². The number of hydrogen-bond donors (Lipinski definition) is 1. The maximum atomic E-state index is 9.41. The molecule has 100 valence electrons. The summed E-state index contributed by atoms with van der Waals surface area (Å²) >= 11 is 0. The van der Waals surface area contributed by atoms with Gasteiger partial charge in [0.1, 0.15) is 11.4 Å². The zero-order chi connectivity index (χ0) is 14.1. The average molecular weight is 266 g/mol. The fourth-order valence-corrected chi connectivity index (χ4v) is 2.04. The van der Waals surface area contributed by atoms with Crippen molar-refractivity contribution in [2.45, 2.75) is 13.8 Å². The zero-order valence-corrected chi connectivity index (χ0v) is 11.3. The Morgan fingerprint density at radius 2 is 1.95 bits per heavy atom. The predicted octanol–water partition coefficient (Wildman–Crippen LogP) is 4.07. The van der Waals surface area contributed by atoms with E-state index in [9.17, 15) is 5.11 Å². The summed E-state index contributed by atoms with van der Waals surface area (Å²) in [5.41, 5.74) is 3.40. The molecule has 5 nitrogen and oxygen atoms in total. The summed E-state index contributed by atoms with van der Waals surface area (Å²) in [5.74, 6) is 0.874. The van der Waals surface area contributed by atoms with Crippen LogP contribution in [0.1, 0.15) is 11.3 Å². The minimum absolute atomic E-state index is 0.173. The van der Waals surface area contributed by atoms with Crippen molar-refractivity contribution in [3.8, 4) is 5.75 Å². The first kappa shape index (κ1) is 12.3. The van der Waals surface area contributed by atoms with Gasteiger partial charge < -0.3 is 5.11 Å². The van der Waals surface area contributed by atoms with E-state index in [4.69, 9.17) is 0 Å². The number of aromatic nitrogens is 2. The molecular weight excluding hydrogens is 252 g/mol. The summed E-state index contributed by atoms with van der Waals surface area (Å²) in [4.78, 5) is 4.44. The molecule has 0 amide bonds. The maximum absolute atomic E-state index is 9.41. The summed E-state index contributed by atoms with van der Waals surface area (Å²) in [5, 5.41) is 17.8. The third-order valence-electron chi connectivity index (χ3n) is 3.00. The van der Waals surface area contributed by atoms with Crippen molar-refractivity contribution in [2.24, 2.45) is 10.2 Å². The number of aryl methyl sites for hydroxylation is 2. The van der Waals surface area contributed by atoms with Crippen LogP contribution in [0.3, 0.4) is 0 Å². The monoisotopic (exact) mass is 266 g/mol. The molecule has 20 heavy (non-hydrogen) atoms. The molecule has 0 radical (unpaired) electrons. The number of phenolic OH excluding ortho intramolecular Hbond substituents is 1. The highest BCUT2D eigenvalue weighted by atomic mass is 16.3. The predicted molar refractivity (Wildman–Crippen MR) is 76.9 cm³/mol. The van der Waals surface area contributed by atoms with Crippen LogP contribution in [0, 0.1) is 13.8 Å². The summed E-state index contributed by atoms with van der Waals surface area (Å²) in [6.07, 6.45) is 1.98. The number of imidazole rings is 1. The van der Waals surface area contributed by atoms with Crippen molar-refractivity contribution < 1.29 is 5.11 Å². The van der Waals surface area contributed by atoms with Crippen LogP contribution in [-0.4, -0.2) is 14.5 Å². The van der Waals surface area contributed by atoms with Gasteiger partial charge in [0.15, 0.2) is 5.82 Å². The van der Waals surface area contributed by atoms with E-state index < -0.39 is 0 Å². The minimum Gasteiger partial charge on any atom is -0.508 e. The number of fused-ring (bicyclic) bond motifs is 1. The SMILES string of the molecule is Cc1ccc2nc(C)c(N=Nc3cccc(O)c3)n2c1. The van der Waals surface area contributed by atoms with Crippen LogP contribution in [0.2, 0.25) is 0 Å². The number of rotatable bonds is 2. The first-order valence-corrected chi connectivity index (χ1v) is 6.29. The Kier molecular flexibility index (Phi) is 2.95. The lowest BCUT2D eigenvalue weighted by Gasteiger charge is -1.98. The third-order valence-corrected chi connectivity index (χ3v) is 3.00. The molecule has 2 heterocycles. The van der Waals surface area contributed by atoms with Gasteiger partial charge in [0.05, 0.1) is 11.4 Å². The Morgan fingerprint density at radius 3 is 2.75 bits per heavy atom. The summed E-state index contributed by atoms with van der Waals surface area (Å²) in [7, 11) is 0. The lowest BCUT2D eigenvalue weighted by molar-refractivity contribution is 0.475. The number of phenols is 1. The molecule has 0 fully saturated rings. The van der Waals surface area contributed by atoms with Crippen molar-refractivity contribution in [3.05, 3.63) is 53.9 Å². The van der Waals surface area contributed by atoms with E-state index in [1.54, 1.807) is 24.3 Å². The fourth-order valence-electron chi connectivity index (χ4n) is 2.04. The van der Waals surface area contributed by atoms with Gasteiger partial charge in [-0.15, -0.1) is 10.2 Å². The highest BCUT2D eigenvalue weighted by Gasteiger charge is 2.07. The molecule has 3 aromatic rings. The third kappa shape index (κ3) is 2.25. The minimum atomic E-state index is 0.173. The summed E-state index contributed by atoms with van der Waals surface area (Å²) in [6.45, 7) is 3.92. The smallest absolute Gasteiger partial charge is 0.182 e. The molecule has 0 atom stereocenters. The van der Waals surface area contributed by atoms with Crippen molar-refractivity contribution in [1.82, 2.24) is 9.38 Å². The number of azo groups is 1. The molecule has 0 aliphatic rings. The van der Waals surface area contributed by atoms with E-state index in [0.717, 1.165) is 16.9 Å². The van der Waals surface area contributed by atoms with Crippen LogP contribution in [0.25, 0.3) is 5.65 Å². The van der Waals surface area contributed by atoms with Crippen LogP contribution >= 0.6 is 0 Å².